The smallest absolute Gasteiger partial charge is 0.306 e. The van der Waals surface area contributed by atoms with Crippen LogP contribution >= 0.6 is 0 Å². The van der Waals surface area contributed by atoms with Gasteiger partial charge >= 0.3 is 11.9 Å². The van der Waals surface area contributed by atoms with Crippen LogP contribution in [0, 0.1) is 0 Å². The third-order valence-corrected chi connectivity index (χ3v) is 10.2. The summed E-state index contributed by atoms with van der Waals surface area (Å²) in [5, 5.41) is 0. The summed E-state index contributed by atoms with van der Waals surface area (Å²) in [5.74, 6) is -0.535. The third-order valence-electron chi connectivity index (χ3n) is 10.2. The summed E-state index contributed by atoms with van der Waals surface area (Å²) in [6.45, 7) is 7.36. The van der Waals surface area contributed by atoms with Gasteiger partial charge in [0.05, 0.1) is 6.61 Å². The lowest BCUT2D eigenvalue weighted by Gasteiger charge is -2.18. The summed E-state index contributed by atoms with van der Waals surface area (Å²) in [6.07, 6.45) is 76.2. The number of ether oxygens (including phenoxy) is 3. The van der Waals surface area contributed by atoms with Crippen LogP contribution in [0.4, 0.5) is 0 Å². The van der Waals surface area contributed by atoms with E-state index in [-0.39, 0.29) is 31.6 Å². The van der Waals surface area contributed by atoms with E-state index in [4.69, 9.17) is 14.2 Å². The molecule has 0 N–H and O–H groups in total. The molecule has 0 radical (unpaired) electrons. The number of unbranched alkanes of at least 4 members (excludes halogenated alkanes) is 12. The molecule has 0 aliphatic carbocycles. The van der Waals surface area contributed by atoms with E-state index in [1.54, 1.807) is 0 Å². The van der Waals surface area contributed by atoms with Gasteiger partial charge in [0.25, 0.3) is 0 Å². The van der Waals surface area contributed by atoms with Gasteiger partial charge in [-0.05, 0) is 122 Å². The van der Waals surface area contributed by atoms with Crippen LogP contribution in [0.1, 0.15) is 201 Å². The van der Waals surface area contributed by atoms with Gasteiger partial charge in [0.1, 0.15) is 6.61 Å². The van der Waals surface area contributed by atoms with Gasteiger partial charge in [-0.3, -0.25) is 9.59 Å². The van der Waals surface area contributed by atoms with Crippen LogP contribution in [-0.4, -0.2) is 37.9 Å². The van der Waals surface area contributed by atoms with Crippen LogP contribution in [0.2, 0.25) is 0 Å². The van der Waals surface area contributed by atoms with Crippen LogP contribution in [0.5, 0.6) is 0 Å². The van der Waals surface area contributed by atoms with Crippen LogP contribution in [-0.2, 0) is 23.8 Å². The van der Waals surface area contributed by atoms with Gasteiger partial charge < -0.3 is 14.2 Å². The predicted octanol–water partition coefficient (Wildman–Crippen LogP) is 17.6. The van der Waals surface area contributed by atoms with E-state index in [9.17, 15) is 9.59 Å². The lowest BCUT2D eigenvalue weighted by Crippen LogP contribution is -2.30. The van der Waals surface area contributed by atoms with Gasteiger partial charge in [0, 0.05) is 19.4 Å². The van der Waals surface area contributed by atoms with Gasteiger partial charge in [0.2, 0.25) is 0 Å². The average Bonchev–Trinajstić information content (AvgIpc) is 3.30. The summed E-state index contributed by atoms with van der Waals surface area (Å²) >= 11 is 0. The zero-order valence-electron chi connectivity index (χ0n) is 41.2. The Labute approximate surface area is 394 Å². The standard InChI is InChI=1S/C59H94O5/c1-4-7-10-13-16-19-22-25-27-29-31-33-36-39-42-45-48-51-54-62-55-57(64-59(61)53-50-47-44-41-38-34-24-21-18-15-12-9-6-3)56-63-58(60)52-49-46-43-40-37-35-32-30-28-26-23-20-17-14-11-8-5-2/h7,9-10,12,16-21,25-28,31,33-34,38-39,42,44,47,57H,4-6,8,11,13-15,22-24,29-30,32,35-37,40-41,43,45-46,48-56H2,1-3H3/b10-7-,12-9-,19-16-,20-17-,21-18-,27-25-,28-26-,33-31-,38-34-,42-39-,47-44-. The molecule has 0 aliphatic rings. The molecule has 0 aliphatic heterocycles. The first kappa shape index (κ1) is 60.0. The van der Waals surface area contributed by atoms with Crippen molar-refractivity contribution in [1.29, 1.82) is 0 Å². The second-order valence-electron chi connectivity index (χ2n) is 16.3. The normalized spacial score (nSPS) is 13.4. The minimum absolute atomic E-state index is 0.0261. The van der Waals surface area contributed by atoms with Crippen LogP contribution in [0.15, 0.2) is 134 Å². The second kappa shape index (κ2) is 53.4. The monoisotopic (exact) mass is 883 g/mol. The summed E-state index contributed by atoms with van der Waals surface area (Å²) in [5.41, 5.74) is 0. The molecular weight excluding hydrogens is 789 g/mol. The molecule has 0 amide bonds. The Hall–Kier alpha value is -3.96. The van der Waals surface area contributed by atoms with E-state index in [2.05, 4.69) is 148 Å². The molecule has 0 aromatic heterocycles. The van der Waals surface area contributed by atoms with E-state index in [0.29, 0.717) is 19.4 Å². The Morgan fingerprint density at radius 1 is 0.359 bits per heavy atom. The minimum Gasteiger partial charge on any atom is -0.462 e. The van der Waals surface area contributed by atoms with Gasteiger partial charge in [-0.25, -0.2) is 0 Å². The molecule has 0 saturated carbocycles. The summed E-state index contributed by atoms with van der Waals surface area (Å²) in [7, 11) is 0. The van der Waals surface area contributed by atoms with Gasteiger partial charge in [-0.15, -0.1) is 0 Å². The van der Waals surface area contributed by atoms with E-state index in [1.807, 2.05) is 6.08 Å². The van der Waals surface area contributed by atoms with Crippen molar-refractivity contribution in [3.05, 3.63) is 134 Å². The van der Waals surface area contributed by atoms with Crippen molar-refractivity contribution in [2.75, 3.05) is 19.8 Å². The molecule has 0 aromatic rings. The molecule has 0 rings (SSSR count). The molecule has 64 heavy (non-hydrogen) atoms. The maximum atomic E-state index is 12.8. The first-order valence-electron chi connectivity index (χ1n) is 25.7. The van der Waals surface area contributed by atoms with E-state index < -0.39 is 6.10 Å². The summed E-state index contributed by atoms with van der Waals surface area (Å²) in [6, 6.07) is 0. The topological polar surface area (TPSA) is 61.8 Å². The fraction of sp³-hybridized carbons (Fsp3) is 0.593. The lowest BCUT2D eigenvalue weighted by atomic mass is 10.1. The molecule has 0 spiro atoms. The molecule has 5 heteroatoms. The Bertz CT molecular complexity index is 1370. The van der Waals surface area contributed by atoms with Crippen molar-refractivity contribution in [2.24, 2.45) is 0 Å². The number of esters is 2. The van der Waals surface area contributed by atoms with Crippen molar-refractivity contribution < 1.29 is 23.8 Å². The van der Waals surface area contributed by atoms with Crippen molar-refractivity contribution >= 4 is 11.9 Å². The van der Waals surface area contributed by atoms with E-state index >= 15 is 0 Å². The number of hydrogen-bond donors (Lipinski definition) is 0. The van der Waals surface area contributed by atoms with E-state index in [0.717, 1.165) is 109 Å². The molecule has 0 bridgehead atoms. The Balaban J connectivity index is 4.46. The zero-order valence-corrected chi connectivity index (χ0v) is 41.2. The highest BCUT2D eigenvalue weighted by atomic mass is 16.6. The Morgan fingerprint density at radius 2 is 0.734 bits per heavy atom. The zero-order chi connectivity index (χ0) is 46.3. The summed E-state index contributed by atoms with van der Waals surface area (Å²) < 4.78 is 17.3. The largest absolute Gasteiger partial charge is 0.462 e. The highest BCUT2D eigenvalue weighted by Gasteiger charge is 2.17. The minimum atomic E-state index is -0.610. The average molecular weight is 883 g/mol. The molecule has 5 nitrogen and oxygen atoms in total. The lowest BCUT2D eigenvalue weighted by molar-refractivity contribution is -0.162. The third kappa shape index (κ3) is 50.7. The second-order valence-corrected chi connectivity index (χ2v) is 16.3. The molecule has 0 fully saturated rings. The predicted molar refractivity (Wildman–Crippen MR) is 278 cm³/mol. The maximum Gasteiger partial charge on any atom is 0.306 e. The quantitative estimate of drug-likeness (QED) is 0.0346. The number of hydrogen-bond acceptors (Lipinski definition) is 5. The first-order valence-corrected chi connectivity index (χ1v) is 25.7. The number of carbonyl (C=O) groups is 2. The van der Waals surface area contributed by atoms with Crippen molar-refractivity contribution in [3.8, 4) is 0 Å². The van der Waals surface area contributed by atoms with Crippen molar-refractivity contribution in [1.82, 2.24) is 0 Å². The fourth-order valence-electron chi connectivity index (χ4n) is 6.40. The Morgan fingerprint density at radius 3 is 1.19 bits per heavy atom. The fourth-order valence-corrected chi connectivity index (χ4v) is 6.40. The number of allylic oxidation sites excluding steroid dienone is 22. The van der Waals surface area contributed by atoms with Gasteiger partial charge in [-0.1, -0.05) is 199 Å². The van der Waals surface area contributed by atoms with Crippen LogP contribution in [0.25, 0.3) is 0 Å². The molecule has 1 atom stereocenters. The van der Waals surface area contributed by atoms with Gasteiger partial charge in [-0.2, -0.15) is 0 Å². The molecule has 0 aromatic carbocycles. The maximum absolute atomic E-state index is 12.8. The number of carbonyl (C=O) groups excluding carboxylic acids is 2. The SMILES string of the molecule is CC/C=C\C/C=C\C/C=C\C/C=C\C/C=C\CCCCOCC(COC(=O)CCCCCCCCC/C=C\C/C=C\CCCCC)OC(=O)CC/C=C\C/C=C\C/C=C\C/C=C\CC. The van der Waals surface area contributed by atoms with Crippen molar-refractivity contribution in [2.45, 2.75) is 207 Å². The molecule has 0 saturated heterocycles. The highest BCUT2D eigenvalue weighted by Crippen LogP contribution is 2.12. The van der Waals surface area contributed by atoms with Crippen molar-refractivity contribution in [3.63, 3.8) is 0 Å². The molecular formula is C59H94O5. The summed E-state index contributed by atoms with van der Waals surface area (Å²) in [4.78, 5) is 25.4. The van der Waals surface area contributed by atoms with E-state index in [1.165, 1.54) is 51.4 Å². The molecule has 1 unspecified atom stereocenters. The highest BCUT2D eigenvalue weighted by molar-refractivity contribution is 5.70. The van der Waals surface area contributed by atoms with Gasteiger partial charge in [0.15, 0.2) is 6.10 Å². The molecule has 0 heterocycles. The molecule has 360 valence electrons. The number of rotatable bonds is 45. The Kier molecular flexibility index (Phi) is 50.1. The first-order chi connectivity index (χ1) is 31.6. The van der Waals surface area contributed by atoms with Crippen LogP contribution < -0.4 is 0 Å². The van der Waals surface area contributed by atoms with Crippen LogP contribution in [0.3, 0.4) is 0 Å².